The van der Waals surface area contributed by atoms with Gasteiger partial charge in [0.25, 0.3) is 0 Å². The molecular weight excluding hydrogens is 228 g/mol. The Kier molecular flexibility index (Phi) is 2.92. The van der Waals surface area contributed by atoms with Crippen molar-refractivity contribution in [2.75, 3.05) is 7.11 Å². The highest BCUT2D eigenvalue weighted by molar-refractivity contribution is 6.31. The number of hydrogen-bond donors (Lipinski definition) is 1. The number of methoxy groups -OCH3 is 1. The maximum atomic E-state index is 9.46. The van der Waals surface area contributed by atoms with E-state index in [-0.39, 0.29) is 5.75 Å². The van der Waals surface area contributed by atoms with Gasteiger partial charge in [0.2, 0.25) is 0 Å². The molecule has 0 aliphatic heterocycles. The van der Waals surface area contributed by atoms with E-state index in [0.717, 1.165) is 5.56 Å². The molecule has 4 nitrogen and oxygen atoms in total. The third kappa shape index (κ3) is 1.92. The largest absolute Gasteiger partial charge is 0.504 e. The Hall–Kier alpha value is -1.81. The van der Waals surface area contributed by atoms with Crippen molar-refractivity contribution in [2.24, 2.45) is 0 Å². The third-order valence-electron chi connectivity index (χ3n) is 2.11. The van der Waals surface area contributed by atoms with Gasteiger partial charge in [0.15, 0.2) is 16.7 Å². The van der Waals surface area contributed by atoms with Gasteiger partial charge in [-0.3, -0.25) is 4.98 Å². The van der Waals surface area contributed by atoms with E-state index in [9.17, 15) is 5.11 Å². The van der Waals surface area contributed by atoms with Crippen LogP contribution >= 0.6 is 11.6 Å². The summed E-state index contributed by atoms with van der Waals surface area (Å²) in [7, 11) is 1.48. The summed E-state index contributed by atoms with van der Waals surface area (Å²) in [5.41, 5.74) is 1.30. The number of aromatic nitrogens is 2. The minimum absolute atomic E-state index is 0.0752. The molecule has 0 fully saturated rings. The van der Waals surface area contributed by atoms with E-state index < -0.39 is 0 Å². The van der Waals surface area contributed by atoms with Crippen molar-refractivity contribution >= 4 is 11.6 Å². The van der Waals surface area contributed by atoms with Crippen LogP contribution in [0.25, 0.3) is 11.3 Å². The summed E-state index contributed by atoms with van der Waals surface area (Å²) in [6.45, 7) is 0. The lowest BCUT2D eigenvalue weighted by Gasteiger charge is -2.06. The Bertz CT molecular complexity index is 517. The molecule has 2 aromatic rings. The van der Waals surface area contributed by atoms with Crippen molar-refractivity contribution in [3.63, 3.8) is 0 Å². The van der Waals surface area contributed by atoms with Crippen LogP contribution in [0.2, 0.25) is 5.15 Å². The van der Waals surface area contributed by atoms with Crippen molar-refractivity contribution in [2.45, 2.75) is 0 Å². The molecule has 0 saturated heterocycles. The van der Waals surface area contributed by atoms with E-state index >= 15 is 0 Å². The summed E-state index contributed by atoms with van der Waals surface area (Å²) in [5.74, 6) is 0.450. The molecule has 1 N–H and O–H groups in total. The van der Waals surface area contributed by atoms with Crippen LogP contribution in [0.15, 0.2) is 30.6 Å². The average molecular weight is 237 g/mol. The number of nitrogens with zero attached hydrogens (tertiary/aromatic N) is 2. The molecule has 0 aliphatic rings. The molecule has 1 aromatic heterocycles. The van der Waals surface area contributed by atoms with Crippen LogP contribution in [-0.4, -0.2) is 22.2 Å². The number of hydrogen-bond acceptors (Lipinski definition) is 4. The van der Waals surface area contributed by atoms with Crippen molar-refractivity contribution in [1.29, 1.82) is 0 Å². The second-order valence-corrected chi connectivity index (χ2v) is 3.44. The zero-order valence-electron chi connectivity index (χ0n) is 8.51. The molecule has 82 valence electrons. The molecule has 0 bridgehead atoms. The molecule has 0 saturated carbocycles. The normalized spacial score (nSPS) is 10.1. The van der Waals surface area contributed by atoms with Crippen LogP contribution in [0.1, 0.15) is 0 Å². The number of aromatic hydroxyl groups is 1. The molecule has 0 aliphatic carbocycles. The summed E-state index contributed by atoms with van der Waals surface area (Å²) in [4.78, 5) is 8.06. The summed E-state index contributed by atoms with van der Waals surface area (Å²) < 4.78 is 5.01. The summed E-state index contributed by atoms with van der Waals surface area (Å²) >= 11 is 5.92. The van der Waals surface area contributed by atoms with Gasteiger partial charge in [-0.2, -0.15) is 0 Å². The number of rotatable bonds is 2. The van der Waals surface area contributed by atoms with E-state index in [4.69, 9.17) is 16.3 Å². The number of ether oxygens (including phenoxy) is 1. The van der Waals surface area contributed by atoms with E-state index in [1.54, 1.807) is 18.3 Å². The number of phenolic OH excluding ortho intramolecular Hbond substituents is 1. The molecule has 0 atom stereocenters. The lowest BCUT2D eigenvalue weighted by atomic mass is 10.1. The third-order valence-corrected chi connectivity index (χ3v) is 2.38. The fraction of sp³-hybridized carbons (Fsp3) is 0.0909. The van der Waals surface area contributed by atoms with Crippen LogP contribution in [0.3, 0.4) is 0 Å². The van der Waals surface area contributed by atoms with Gasteiger partial charge >= 0.3 is 0 Å². The van der Waals surface area contributed by atoms with Gasteiger partial charge in [-0.1, -0.05) is 11.6 Å². The van der Waals surface area contributed by atoms with E-state index in [0.29, 0.717) is 16.6 Å². The predicted octanol–water partition coefficient (Wildman–Crippen LogP) is 2.51. The molecule has 0 radical (unpaired) electrons. The molecule has 1 heterocycles. The average Bonchev–Trinajstić information content (AvgIpc) is 2.31. The fourth-order valence-corrected chi connectivity index (χ4v) is 1.55. The fourth-order valence-electron chi connectivity index (χ4n) is 1.34. The van der Waals surface area contributed by atoms with Gasteiger partial charge < -0.3 is 9.84 Å². The second kappa shape index (κ2) is 4.37. The van der Waals surface area contributed by atoms with Gasteiger partial charge in [-0.25, -0.2) is 4.98 Å². The van der Waals surface area contributed by atoms with Crippen molar-refractivity contribution < 1.29 is 9.84 Å². The first-order chi connectivity index (χ1) is 7.72. The molecule has 1 aromatic carbocycles. The Labute approximate surface area is 97.5 Å². The molecule has 2 rings (SSSR count). The van der Waals surface area contributed by atoms with E-state index in [1.165, 1.54) is 19.4 Å². The minimum Gasteiger partial charge on any atom is -0.504 e. The lowest BCUT2D eigenvalue weighted by Crippen LogP contribution is -1.89. The highest BCUT2D eigenvalue weighted by Gasteiger charge is 2.09. The summed E-state index contributed by atoms with van der Waals surface area (Å²) in [6.07, 6.45) is 3.07. The van der Waals surface area contributed by atoms with Crippen LogP contribution in [0.5, 0.6) is 11.5 Å². The van der Waals surface area contributed by atoms with Gasteiger partial charge in [0.05, 0.1) is 7.11 Å². The minimum atomic E-state index is 0.0752. The number of benzene rings is 1. The Morgan fingerprint density at radius 1 is 1.25 bits per heavy atom. The molecular formula is C11H9ClN2O2. The van der Waals surface area contributed by atoms with Crippen LogP contribution < -0.4 is 4.74 Å². The monoisotopic (exact) mass is 236 g/mol. The quantitative estimate of drug-likeness (QED) is 0.871. The molecule has 0 amide bonds. The van der Waals surface area contributed by atoms with E-state index in [1.807, 2.05) is 0 Å². The van der Waals surface area contributed by atoms with Gasteiger partial charge in [-0.15, -0.1) is 0 Å². The highest BCUT2D eigenvalue weighted by atomic mass is 35.5. The van der Waals surface area contributed by atoms with Gasteiger partial charge in [0.1, 0.15) is 5.69 Å². The standard InChI is InChI=1S/C11H9ClN2O2/c1-16-9-6-7(2-3-8(9)15)10-11(12)14-5-4-13-10/h2-6,15H,1H3. The summed E-state index contributed by atoms with van der Waals surface area (Å²) in [5, 5.41) is 9.77. The van der Waals surface area contributed by atoms with Crippen LogP contribution in [-0.2, 0) is 0 Å². The van der Waals surface area contributed by atoms with Gasteiger partial charge in [-0.05, 0) is 18.2 Å². The van der Waals surface area contributed by atoms with Crippen LogP contribution in [0, 0.1) is 0 Å². The lowest BCUT2D eigenvalue weighted by molar-refractivity contribution is 0.373. The smallest absolute Gasteiger partial charge is 0.161 e. The molecule has 0 unspecified atom stereocenters. The summed E-state index contributed by atoms with van der Waals surface area (Å²) in [6, 6.07) is 4.89. The number of halogens is 1. The maximum Gasteiger partial charge on any atom is 0.161 e. The Morgan fingerprint density at radius 3 is 2.69 bits per heavy atom. The number of phenols is 1. The molecule has 16 heavy (non-hydrogen) atoms. The Morgan fingerprint density at radius 2 is 2.00 bits per heavy atom. The van der Waals surface area contributed by atoms with Crippen molar-refractivity contribution in [1.82, 2.24) is 9.97 Å². The maximum absolute atomic E-state index is 9.46. The first-order valence-electron chi connectivity index (χ1n) is 4.56. The van der Waals surface area contributed by atoms with Crippen molar-refractivity contribution in [3.8, 4) is 22.8 Å². The van der Waals surface area contributed by atoms with Crippen LogP contribution in [0.4, 0.5) is 0 Å². The highest BCUT2D eigenvalue weighted by Crippen LogP contribution is 2.32. The van der Waals surface area contributed by atoms with E-state index in [2.05, 4.69) is 9.97 Å². The van der Waals surface area contributed by atoms with Gasteiger partial charge in [0, 0.05) is 18.0 Å². The Balaban J connectivity index is 2.53. The molecule has 5 heteroatoms. The topological polar surface area (TPSA) is 55.2 Å². The SMILES string of the molecule is COc1cc(-c2nccnc2Cl)ccc1O. The first-order valence-corrected chi connectivity index (χ1v) is 4.94. The first kappa shape index (κ1) is 10.7. The zero-order valence-corrected chi connectivity index (χ0v) is 9.27. The van der Waals surface area contributed by atoms with Crippen molar-refractivity contribution in [3.05, 3.63) is 35.7 Å². The second-order valence-electron chi connectivity index (χ2n) is 3.08. The zero-order chi connectivity index (χ0) is 11.5. The predicted molar refractivity (Wildman–Crippen MR) is 60.7 cm³/mol. The molecule has 0 spiro atoms.